The van der Waals surface area contributed by atoms with Crippen molar-refractivity contribution >= 4 is 11.9 Å². The summed E-state index contributed by atoms with van der Waals surface area (Å²) in [5.74, 6) is 1.07. The molecule has 0 spiro atoms. The molecule has 1 aliphatic heterocycles. The van der Waals surface area contributed by atoms with Crippen molar-refractivity contribution in [1.82, 2.24) is 0 Å². The minimum absolute atomic E-state index is 0.0277. The number of Topliss-reactive ketones (excluding diaryl/α,β-unsaturated/α-hetero) is 1. The third kappa shape index (κ3) is 1.95. The first kappa shape index (κ1) is 11.7. The van der Waals surface area contributed by atoms with Crippen LogP contribution < -0.4 is 4.74 Å². The number of benzene rings is 2. The monoisotopic (exact) mass is 250 g/mol. The minimum Gasteiger partial charge on any atom is -0.452 e. The fourth-order valence-corrected chi connectivity index (χ4v) is 2.27. The molecule has 0 aliphatic carbocycles. The minimum atomic E-state index is -0.0277. The highest BCUT2D eigenvalue weighted by molar-refractivity contribution is 6.15. The van der Waals surface area contributed by atoms with Crippen LogP contribution in [0.5, 0.6) is 5.75 Å². The SMILES string of the molecule is Cc1ccc(C)c2c1O/C(=C/c1ccccc1)C2=O. The average molecular weight is 250 g/mol. The van der Waals surface area contributed by atoms with E-state index in [1.807, 2.05) is 56.3 Å². The maximum atomic E-state index is 12.4. The van der Waals surface area contributed by atoms with Crippen molar-refractivity contribution in [3.8, 4) is 5.75 Å². The number of aryl methyl sites for hydroxylation is 2. The molecule has 0 radical (unpaired) electrons. The molecule has 0 saturated heterocycles. The molecule has 2 aromatic rings. The third-order valence-electron chi connectivity index (χ3n) is 3.32. The maximum Gasteiger partial charge on any atom is 0.232 e. The lowest BCUT2D eigenvalue weighted by Gasteiger charge is -2.03. The van der Waals surface area contributed by atoms with Gasteiger partial charge in [-0.2, -0.15) is 0 Å². The Labute approximate surface area is 112 Å². The van der Waals surface area contributed by atoms with Crippen molar-refractivity contribution in [1.29, 1.82) is 0 Å². The van der Waals surface area contributed by atoms with Gasteiger partial charge in [-0.3, -0.25) is 4.79 Å². The van der Waals surface area contributed by atoms with Crippen LogP contribution in [-0.2, 0) is 0 Å². The molecule has 19 heavy (non-hydrogen) atoms. The Morgan fingerprint density at radius 3 is 2.32 bits per heavy atom. The van der Waals surface area contributed by atoms with E-state index >= 15 is 0 Å². The predicted molar refractivity (Wildman–Crippen MR) is 75.3 cm³/mol. The highest BCUT2D eigenvalue weighted by Gasteiger charge is 2.30. The molecule has 0 fully saturated rings. The molecule has 3 rings (SSSR count). The van der Waals surface area contributed by atoms with Crippen LogP contribution in [0.25, 0.3) is 6.08 Å². The molecule has 0 atom stereocenters. The van der Waals surface area contributed by atoms with E-state index in [1.54, 1.807) is 6.08 Å². The molecule has 2 heteroatoms. The largest absolute Gasteiger partial charge is 0.452 e. The number of hydrogen-bond acceptors (Lipinski definition) is 2. The molecule has 0 aromatic heterocycles. The molecule has 0 amide bonds. The van der Waals surface area contributed by atoms with Crippen LogP contribution in [-0.4, -0.2) is 5.78 Å². The van der Waals surface area contributed by atoms with Gasteiger partial charge >= 0.3 is 0 Å². The van der Waals surface area contributed by atoms with Crippen LogP contribution >= 0.6 is 0 Å². The van der Waals surface area contributed by atoms with Crippen LogP contribution in [0.4, 0.5) is 0 Å². The van der Waals surface area contributed by atoms with Crippen LogP contribution in [0.15, 0.2) is 48.2 Å². The second-order valence-corrected chi connectivity index (χ2v) is 4.75. The van der Waals surface area contributed by atoms with Gasteiger partial charge in [-0.05, 0) is 36.6 Å². The first-order valence-electron chi connectivity index (χ1n) is 6.26. The van der Waals surface area contributed by atoms with Gasteiger partial charge in [-0.1, -0.05) is 42.5 Å². The second-order valence-electron chi connectivity index (χ2n) is 4.75. The Kier molecular flexibility index (Phi) is 2.71. The van der Waals surface area contributed by atoms with Gasteiger partial charge in [-0.15, -0.1) is 0 Å². The summed E-state index contributed by atoms with van der Waals surface area (Å²) in [5, 5.41) is 0. The molecule has 1 aliphatic rings. The molecule has 0 saturated carbocycles. The fourth-order valence-electron chi connectivity index (χ4n) is 2.27. The highest BCUT2D eigenvalue weighted by Crippen LogP contribution is 2.36. The number of carbonyl (C=O) groups is 1. The van der Waals surface area contributed by atoms with Crippen molar-refractivity contribution < 1.29 is 9.53 Å². The second kappa shape index (κ2) is 4.39. The van der Waals surface area contributed by atoms with E-state index in [0.717, 1.165) is 16.7 Å². The summed E-state index contributed by atoms with van der Waals surface area (Å²) in [7, 11) is 0. The molecule has 0 N–H and O–H groups in total. The fraction of sp³-hybridized carbons (Fsp3) is 0.118. The van der Waals surface area contributed by atoms with Gasteiger partial charge < -0.3 is 4.74 Å². The predicted octanol–water partition coefficient (Wildman–Crippen LogP) is 3.92. The molecule has 94 valence electrons. The molecule has 2 nitrogen and oxygen atoms in total. The number of ether oxygens (including phenoxy) is 1. The smallest absolute Gasteiger partial charge is 0.232 e. The van der Waals surface area contributed by atoms with Crippen LogP contribution in [0, 0.1) is 13.8 Å². The van der Waals surface area contributed by atoms with Crippen molar-refractivity contribution in [2.45, 2.75) is 13.8 Å². The topological polar surface area (TPSA) is 26.3 Å². The molecular weight excluding hydrogens is 236 g/mol. The summed E-state index contributed by atoms with van der Waals surface area (Å²) in [6.07, 6.45) is 1.79. The van der Waals surface area contributed by atoms with E-state index in [2.05, 4.69) is 0 Å². The Morgan fingerprint density at radius 2 is 1.63 bits per heavy atom. The number of ketones is 1. The van der Waals surface area contributed by atoms with Crippen LogP contribution in [0.3, 0.4) is 0 Å². The van der Waals surface area contributed by atoms with E-state index in [4.69, 9.17) is 4.74 Å². The zero-order valence-electron chi connectivity index (χ0n) is 10.9. The van der Waals surface area contributed by atoms with E-state index < -0.39 is 0 Å². The first-order valence-corrected chi connectivity index (χ1v) is 6.26. The van der Waals surface area contributed by atoms with Gasteiger partial charge in [0.05, 0.1) is 5.56 Å². The summed E-state index contributed by atoms with van der Waals surface area (Å²) < 4.78 is 5.75. The molecule has 1 heterocycles. The summed E-state index contributed by atoms with van der Waals surface area (Å²) in [4.78, 5) is 12.4. The van der Waals surface area contributed by atoms with Gasteiger partial charge in [0, 0.05) is 0 Å². The standard InChI is InChI=1S/C17H14O2/c1-11-8-9-12(2)17-15(11)16(18)14(19-17)10-13-6-4-3-5-7-13/h3-10H,1-2H3/b14-10+. The van der Waals surface area contributed by atoms with Gasteiger partial charge in [0.15, 0.2) is 5.76 Å². The van der Waals surface area contributed by atoms with Gasteiger partial charge in [-0.25, -0.2) is 0 Å². The molecule has 0 unspecified atom stereocenters. The summed E-state index contributed by atoms with van der Waals surface area (Å²) >= 11 is 0. The van der Waals surface area contributed by atoms with Crippen molar-refractivity contribution in [3.05, 3.63) is 70.5 Å². The van der Waals surface area contributed by atoms with E-state index in [9.17, 15) is 4.79 Å². The third-order valence-corrected chi connectivity index (χ3v) is 3.32. The maximum absolute atomic E-state index is 12.4. The van der Waals surface area contributed by atoms with E-state index in [1.165, 1.54) is 0 Å². The Bertz CT molecular complexity index is 682. The summed E-state index contributed by atoms with van der Waals surface area (Å²) in [6, 6.07) is 13.7. The highest BCUT2D eigenvalue weighted by atomic mass is 16.5. The quantitative estimate of drug-likeness (QED) is 0.717. The number of fused-ring (bicyclic) bond motifs is 1. The zero-order valence-corrected chi connectivity index (χ0v) is 10.9. The Morgan fingerprint density at radius 1 is 0.947 bits per heavy atom. The molecular formula is C17H14O2. The zero-order chi connectivity index (χ0) is 13.4. The lowest BCUT2D eigenvalue weighted by Crippen LogP contribution is -1.99. The average Bonchev–Trinajstić information content (AvgIpc) is 2.74. The van der Waals surface area contributed by atoms with Crippen LogP contribution in [0.1, 0.15) is 27.0 Å². The Balaban J connectivity index is 2.07. The van der Waals surface area contributed by atoms with E-state index in [0.29, 0.717) is 17.1 Å². The normalized spacial score (nSPS) is 15.5. The summed E-state index contributed by atoms with van der Waals surface area (Å²) in [5.41, 5.74) is 3.61. The van der Waals surface area contributed by atoms with Gasteiger partial charge in [0.1, 0.15) is 5.75 Å². The van der Waals surface area contributed by atoms with Crippen molar-refractivity contribution in [2.24, 2.45) is 0 Å². The number of carbonyl (C=O) groups excluding carboxylic acids is 1. The lowest BCUT2D eigenvalue weighted by atomic mass is 10.0. The number of allylic oxidation sites excluding steroid dienone is 1. The van der Waals surface area contributed by atoms with Crippen molar-refractivity contribution in [2.75, 3.05) is 0 Å². The number of hydrogen-bond donors (Lipinski definition) is 0. The Hall–Kier alpha value is -2.35. The van der Waals surface area contributed by atoms with Gasteiger partial charge in [0.2, 0.25) is 5.78 Å². The lowest BCUT2D eigenvalue weighted by molar-refractivity contribution is 0.101. The summed E-state index contributed by atoms with van der Waals surface area (Å²) in [6.45, 7) is 3.89. The molecule has 2 aromatic carbocycles. The van der Waals surface area contributed by atoms with Crippen molar-refractivity contribution in [3.63, 3.8) is 0 Å². The first-order chi connectivity index (χ1) is 9.16. The molecule has 0 bridgehead atoms. The van der Waals surface area contributed by atoms with E-state index in [-0.39, 0.29) is 5.78 Å². The number of rotatable bonds is 1. The van der Waals surface area contributed by atoms with Crippen LogP contribution in [0.2, 0.25) is 0 Å². The van der Waals surface area contributed by atoms with Gasteiger partial charge in [0.25, 0.3) is 0 Å².